The fraction of sp³-hybridized carbons (Fsp3) is 0.167. The zero-order chi connectivity index (χ0) is 18.6. The highest BCUT2D eigenvalue weighted by atomic mass is 16.5. The average Bonchev–Trinajstić information content (AvgIpc) is 3.42. The molecule has 0 radical (unpaired) electrons. The van der Waals surface area contributed by atoms with Crippen molar-refractivity contribution in [3.63, 3.8) is 0 Å². The molecule has 1 amide bonds. The lowest BCUT2D eigenvalue weighted by atomic mass is 10.1. The number of nitrogens with one attached hydrogen (secondary N) is 1. The minimum absolute atomic E-state index is 0.156. The molecule has 0 fully saturated rings. The van der Waals surface area contributed by atoms with Crippen molar-refractivity contribution in [3.8, 4) is 11.4 Å². The Labute approximate surface area is 154 Å². The van der Waals surface area contributed by atoms with Crippen LogP contribution >= 0.6 is 0 Å². The van der Waals surface area contributed by atoms with Crippen molar-refractivity contribution in [3.05, 3.63) is 72.4 Å². The summed E-state index contributed by atoms with van der Waals surface area (Å²) < 4.78 is 8.79. The van der Waals surface area contributed by atoms with Gasteiger partial charge in [-0.3, -0.25) is 9.48 Å². The first-order chi connectivity index (χ1) is 13.2. The van der Waals surface area contributed by atoms with E-state index >= 15 is 0 Å². The number of benzene rings is 1. The maximum atomic E-state index is 12.3. The molecule has 1 N–H and O–H groups in total. The normalized spacial score (nSPS) is 10.9. The lowest BCUT2D eigenvalue weighted by Crippen LogP contribution is -2.22. The van der Waals surface area contributed by atoms with E-state index in [1.807, 2.05) is 29.9 Å². The Bertz CT molecular complexity index is 1030. The fourth-order valence-electron chi connectivity index (χ4n) is 2.59. The van der Waals surface area contributed by atoms with E-state index in [1.165, 1.54) is 0 Å². The molecule has 3 heterocycles. The van der Waals surface area contributed by atoms with Crippen molar-refractivity contribution in [1.29, 1.82) is 0 Å². The highest BCUT2D eigenvalue weighted by Gasteiger charge is 2.12. The average molecular weight is 363 g/mol. The standard InChI is InChI=1S/C18H17N7O2/c1-24-11-15(8-21-24)17-22-16(27-23-17)9-20-18(26)14-4-2-13(3-5-14)10-25-7-6-19-12-25/h2-8,11-12H,9-10H2,1H3,(H,20,26). The van der Waals surface area contributed by atoms with Gasteiger partial charge in [0.15, 0.2) is 0 Å². The molecule has 0 spiro atoms. The third-order valence-corrected chi connectivity index (χ3v) is 3.97. The number of carbonyl (C=O) groups excluding carboxylic acids is 1. The van der Waals surface area contributed by atoms with E-state index in [2.05, 4.69) is 25.5 Å². The molecule has 3 aromatic heterocycles. The second-order valence-corrected chi connectivity index (χ2v) is 6.03. The fourth-order valence-corrected chi connectivity index (χ4v) is 2.59. The monoisotopic (exact) mass is 363 g/mol. The SMILES string of the molecule is Cn1cc(-c2noc(CNC(=O)c3ccc(Cn4ccnc4)cc3)n2)cn1. The van der Waals surface area contributed by atoms with Crippen molar-refractivity contribution < 1.29 is 9.32 Å². The maximum absolute atomic E-state index is 12.3. The number of aryl methyl sites for hydroxylation is 1. The summed E-state index contributed by atoms with van der Waals surface area (Å²) in [5.74, 6) is 0.570. The Hall–Kier alpha value is -3.75. The Kier molecular flexibility index (Phi) is 4.48. The summed E-state index contributed by atoms with van der Waals surface area (Å²) in [6.07, 6.45) is 8.83. The summed E-state index contributed by atoms with van der Waals surface area (Å²) in [5, 5.41) is 10.7. The molecule has 4 rings (SSSR count). The van der Waals surface area contributed by atoms with E-state index in [0.717, 1.165) is 11.1 Å². The lowest BCUT2D eigenvalue weighted by molar-refractivity contribution is 0.0946. The van der Waals surface area contributed by atoms with Crippen molar-refractivity contribution in [1.82, 2.24) is 34.8 Å². The Morgan fingerprint density at radius 2 is 2.11 bits per heavy atom. The predicted octanol–water partition coefficient (Wildman–Crippen LogP) is 1.64. The summed E-state index contributed by atoms with van der Waals surface area (Å²) in [5.41, 5.74) is 2.41. The molecule has 9 heteroatoms. The number of aromatic nitrogens is 6. The van der Waals surface area contributed by atoms with E-state index in [4.69, 9.17) is 4.52 Å². The number of rotatable bonds is 6. The Morgan fingerprint density at radius 1 is 1.26 bits per heavy atom. The van der Waals surface area contributed by atoms with Crippen LogP contribution in [0.5, 0.6) is 0 Å². The highest BCUT2D eigenvalue weighted by molar-refractivity contribution is 5.94. The van der Waals surface area contributed by atoms with Gasteiger partial charge < -0.3 is 14.4 Å². The van der Waals surface area contributed by atoms with E-state index < -0.39 is 0 Å². The third-order valence-electron chi connectivity index (χ3n) is 3.97. The van der Waals surface area contributed by atoms with E-state index in [9.17, 15) is 4.79 Å². The zero-order valence-electron chi connectivity index (χ0n) is 14.6. The van der Waals surface area contributed by atoms with Gasteiger partial charge in [-0.05, 0) is 17.7 Å². The summed E-state index contributed by atoms with van der Waals surface area (Å²) in [6, 6.07) is 7.41. The van der Waals surface area contributed by atoms with Crippen molar-refractivity contribution >= 4 is 5.91 Å². The molecule has 9 nitrogen and oxygen atoms in total. The number of amides is 1. The smallest absolute Gasteiger partial charge is 0.251 e. The van der Waals surface area contributed by atoms with Gasteiger partial charge in [0, 0.05) is 37.7 Å². The van der Waals surface area contributed by atoms with Crippen LogP contribution in [0.3, 0.4) is 0 Å². The van der Waals surface area contributed by atoms with Crippen molar-refractivity contribution in [2.75, 3.05) is 0 Å². The lowest BCUT2D eigenvalue weighted by Gasteiger charge is -2.05. The van der Waals surface area contributed by atoms with Crippen LogP contribution in [-0.2, 0) is 20.1 Å². The first kappa shape index (κ1) is 16.7. The zero-order valence-corrected chi connectivity index (χ0v) is 14.6. The maximum Gasteiger partial charge on any atom is 0.251 e. The summed E-state index contributed by atoms with van der Waals surface area (Å²) in [4.78, 5) is 20.6. The topological polar surface area (TPSA) is 104 Å². The van der Waals surface area contributed by atoms with Gasteiger partial charge in [-0.1, -0.05) is 17.3 Å². The van der Waals surface area contributed by atoms with Crippen LogP contribution in [0.25, 0.3) is 11.4 Å². The molecule has 0 bridgehead atoms. The van der Waals surface area contributed by atoms with Gasteiger partial charge in [-0.25, -0.2) is 4.98 Å². The van der Waals surface area contributed by atoms with Crippen LogP contribution in [0, 0.1) is 0 Å². The molecule has 136 valence electrons. The summed E-state index contributed by atoms with van der Waals surface area (Å²) >= 11 is 0. The Morgan fingerprint density at radius 3 is 2.81 bits per heavy atom. The minimum Gasteiger partial charge on any atom is -0.343 e. The van der Waals surface area contributed by atoms with Crippen LogP contribution in [0.1, 0.15) is 21.8 Å². The van der Waals surface area contributed by atoms with E-state index in [0.29, 0.717) is 23.8 Å². The number of nitrogens with zero attached hydrogens (tertiary/aromatic N) is 6. The predicted molar refractivity (Wildman–Crippen MR) is 95.4 cm³/mol. The van der Waals surface area contributed by atoms with E-state index in [-0.39, 0.29) is 12.5 Å². The molecule has 1 aromatic carbocycles. The number of imidazole rings is 1. The van der Waals surface area contributed by atoms with Gasteiger partial charge in [0.2, 0.25) is 11.7 Å². The molecule has 0 saturated heterocycles. The summed E-state index contributed by atoms with van der Waals surface area (Å²) in [7, 11) is 1.81. The van der Waals surface area contributed by atoms with Crippen LogP contribution in [0.4, 0.5) is 0 Å². The largest absolute Gasteiger partial charge is 0.343 e. The first-order valence-corrected chi connectivity index (χ1v) is 8.32. The molecule has 0 unspecified atom stereocenters. The molecule has 0 saturated carbocycles. The second-order valence-electron chi connectivity index (χ2n) is 6.03. The van der Waals surface area contributed by atoms with Crippen LogP contribution in [-0.4, -0.2) is 35.4 Å². The summed E-state index contributed by atoms with van der Waals surface area (Å²) in [6.45, 7) is 0.865. The van der Waals surface area contributed by atoms with Gasteiger partial charge in [-0.15, -0.1) is 0 Å². The number of carbonyl (C=O) groups is 1. The molecule has 0 atom stereocenters. The van der Waals surface area contributed by atoms with Gasteiger partial charge >= 0.3 is 0 Å². The highest BCUT2D eigenvalue weighted by Crippen LogP contribution is 2.14. The van der Waals surface area contributed by atoms with Crippen molar-refractivity contribution in [2.24, 2.45) is 7.05 Å². The second kappa shape index (κ2) is 7.24. The van der Waals surface area contributed by atoms with Crippen molar-refractivity contribution in [2.45, 2.75) is 13.1 Å². The molecule has 0 aliphatic rings. The van der Waals surface area contributed by atoms with Crippen LogP contribution in [0.15, 0.2) is 59.9 Å². The molecule has 27 heavy (non-hydrogen) atoms. The minimum atomic E-state index is -0.203. The molecular formula is C18H17N7O2. The molecule has 0 aliphatic heterocycles. The first-order valence-electron chi connectivity index (χ1n) is 8.32. The molecule has 0 aliphatic carbocycles. The quantitative estimate of drug-likeness (QED) is 0.559. The molecular weight excluding hydrogens is 346 g/mol. The van der Waals surface area contributed by atoms with E-state index in [1.54, 1.807) is 41.7 Å². The number of hydrogen-bond acceptors (Lipinski definition) is 6. The van der Waals surface area contributed by atoms with Crippen LogP contribution in [0.2, 0.25) is 0 Å². The molecule has 4 aromatic rings. The van der Waals surface area contributed by atoms with Gasteiger partial charge in [0.25, 0.3) is 5.91 Å². The Balaban J connectivity index is 1.34. The van der Waals surface area contributed by atoms with Gasteiger partial charge in [-0.2, -0.15) is 10.1 Å². The third kappa shape index (κ3) is 3.92. The number of hydrogen-bond donors (Lipinski definition) is 1. The van der Waals surface area contributed by atoms with Gasteiger partial charge in [0.05, 0.1) is 24.6 Å². The van der Waals surface area contributed by atoms with Crippen LogP contribution < -0.4 is 5.32 Å². The van der Waals surface area contributed by atoms with Gasteiger partial charge in [0.1, 0.15) is 0 Å².